The highest BCUT2D eigenvalue weighted by Gasteiger charge is 2.10. The normalized spacial score (nSPS) is 12.0. The van der Waals surface area contributed by atoms with Crippen LogP contribution in [0.2, 0.25) is 0 Å². The molecule has 0 fully saturated rings. The van der Waals surface area contributed by atoms with E-state index in [1.54, 1.807) is 0 Å². The Bertz CT molecular complexity index is 335. The average Bonchev–Trinajstić information content (AvgIpc) is 2.73. The standard InChI is InChI=1S/C14H29N5/c1-12(2)9-18(10-13(3)4)6-7-19-11-14(8-15-5)16-17-19/h11-13,15H,6-10H2,1-5H3. The van der Waals surface area contributed by atoms with Gasteiger partial charge >= 0.3 is 0 Å². The van der Waals surface area contributed by atoms with Crippen molar-refractivity contribution in [3.8, 4) is 0 Å². The minimum Gasteiger partial charge on any atom is -0.314 e. The molecule has 0 saturated heterocycles. The minimum atomic E-state index is 0.703. The van der Waals surface area contributed by atoms with Crippen molar-refractivity contribution in [3.63, 3.8) is 0 Å². The SMILES string of the molecule is CNCc1cn(CCN(CC(C)C)CC(C)C)nn1. The zero-order chi connectivity index (χ0) is 14.3. The van der Waals surface area contributed by atoms with Gasteiger partial charge in [0.25, 0.3) is 0 Å². The van der Waals surface area contributed by atoms with Gasteiger partial charge in [-0.1, -0.05) is 32.9 Å². The van der Waals surface area contributed by atoms with Crippen LogP contribution in [0.5, 0.6) is 0 Å². The molecule has 0 radical (unpaired) electrons. The van der Waals surface area contributed by atoms with Crippen LogP contribution in [-0.2, 0) is 13.1 Å². The van der Waals surface area contributed by atoms with Gasteiger partial charge in [0.15, 0.2) is 0 Å². The number of aromatic nitrogens is 3. The quantitative estimate of drug-likeness (QED) is 0.738. The monoisotopic (exact) mass is 267 g/mol. The maximum Gasteiger partial charge on any atom is 0.0964 e. The van der Waals surface area contributed by atoms with Crippen LogP contribution in [0.3, 0.4) is 0 Å². The predicted octanol–water partition coefficient (Wildman–Crippen LogP) is 1.61. The molecule has 0 aromatic carbocycles. The smallest absolute Gasteiger partial charge is 0.0964 e. The first kappa shape index (κ1) is 16.1. The first-order valence-electron chi connectivity index (χ1n) is 7.27. The van der Waals surface area contributed by atoms with Gasteiger partial charge in [0.2, 0.25) is 0 Å². The fourth-order valence-electron chi connectivity index (χ4n) is 2.24. The fourth-order valence-corrected chi connectivity index (χ4v) is 2.24. The summed E-state index contributed by atoms with van der Waals surface area (Å²) in [7, 11) is 1.92. The van der Waals surface area contributed by atoms with E-state index in [0.717, 1.165) is 38.4 Å². The molecule has 0 unspecified atom stereocenters. The maximum absolute atomic E-state index is 4.17. The Morgan fingerprint density at radius 2 is 1.84 bits per heavy atom. The fraction of sp³-hybridized carbons (Fsp3) is 0.857. The summed E-state index contributed by atoms with van der Waals surface area (Å²) >= 11 is 0. The van der Waals surface area contributed by atoms with E-state index >= 15 is 0 Å². The Morgan fingerprint density at radius 3 is 2.37 bits per heavy atom. The van der Waals surface area contributed by atoms with Crippen LogP contribution in [-0.4, -0.2) is 46.6 Å². The number of nitrogens with one attached hydrogen (secondary N) is 1. The second kappa shape index (κ2) is 8.27. The summed E-state index contributed by atoms with van der Waals surface area (Å²) in [5.74, 6) is 1.41. The van der Waals surface area contributed by atoms with Gasteiger partial charge in [-0.05, 0) is 18.9 Å². The highest BCUT2D eigenvalue weighted by atomic mass is 15.4. The molecule has 1 aromatic rings. The number of rotatable bonds is 9. The third-order valence-corrected chi connectivity index (χ3v) is 2.84. The van der Waals surface area contributed by atoms with Crippen LogP contribution in [0.1, 0.15) is 33.4 Å². The molecule has 0 aliphatic rings. The third-order valence-electron chi connectivity index (χ3n) is 2.84. The lowest BCUT2D eigenvalue weighted by Gasteiger charge is -2.25. The van der Waals surface area contributed by atoms with E-state index in [-0.39, 0.29) is 0 Å². The lowest BCUT2D eigenvalue weighted by molar-refractivity contribution is 0.208. The summed E-state index contributed by atoms with van der Waals surface area (Å²) in [4.78, 5) is 2.52. The summed E-state index contributed by atoms with van der Waals surface area (Å²) < 4.78 is 1.94. The van der Waals surface area contributed by atoms with Crippen LogP contribution in [0.4, 0.5) is 0 Å². The van der Waals surface area contributed by atoms with Crippen molar-refractivity contribution in [2.24, 2.45) is 11.8 Å². The van der Waals surface area contributed by atoms with Crippen molar-refractivity contribution in [3.05, 3.63) is 11.9 Å². The summed E-state index contributed by atoms with van der Waals surface area (Å²) in [5, 5.41) is 11.4. The van der Waals surface area contributed by atoms with E-state index in [4.69, 9.17) is 0 Å². The number of nitrogens with zero attached hydrogens (tertiary/aromatic N) is 4. The molecule has 5 heteroatoms. The minimum absolute atomic E-state index is 0.703. The molecule has 0 spiro atoms. The van der Waals surface area contributed by atoms with E-state index in [9.17, 15) is 0 Å². The molecule has 0 amide bonds. The average molecular weight is 267 g/mol. The molecule has 1 rings (SSSR count). The van der Waals surface area contributed by atoms with Gasteiger partial charge in [-0.25, -0.2) is 0 Å². The molecule has 1 N–H and O–H groups in total. The van der Waals surface area contributed by atoms with Gasteiger partial charge in [-0.2, -0.15) is 0 Å². The molecule has 0 bridgehead atoms. The molecule has 0 aliphatic carbocycles. The molecular formula is C14H29N5. The zero-order valence-electron chi connectivity index (χ0n) is 13.1. The second-order valence-electron chi connectivity index (χ2n) is 6.05. The summed E-state index contributed by atoms with van der Waals surface area (Å²) in [6.07, 6.45) is 2.03. The summed E-state index contributed by atoms with van der Waals surface area (Å²) in [6, 6.07) is 0. The molecule has 0 atom stereocenters. The van der Waals surface area contributed by atoms with Gasteiger partial charge in [0.05, 0.1) is 12.2 Å². The van der Waals surface area contributed by atoms with Crippen molar-refractivity contribution in [1.82, 2.24) is 25.2 Å². The molecule has 5 nitrogen and oxygen atoms in total. The van der Waals surface area contributed by atoms with E-state index in [2.05, 4.69) is 48.2 Å². The lowest BCUT2D eigenvalue weighted by Crippen LogP contribution is -2.34. The Kier molecular flexibility index (Phi) is 7.02. The van der Waals surface area contributed by atoms with E-state index in [1.165, 1.54) is 0 Å². The Labute approximate surface area is 117 Å². The van der Waals surface area contributed by atoms with Crippen LogP contribution in [0.25, 0.3) is 0 Å². The predicted molar refractivity (Wildman–Crippen MR) is 78.9 cm³/mol. The molecule has 0 aliphatic heterocycles. The Morgan fingerprint density at radius 1 is 1.21 bits per heavy atom. The van der Waals surface area contributed by atoms with Gasteiger partial charge in [0, 0.05) is 32.4 Å². The van der Waals surface area contributed by atoms with E-state index in [0.29, 0.717) is 11.8 Å². The highest BCUT2D eigenvalue weighted by Crippen LogP contribution is 2.04. The van der Waals surface area contributed by atoms with Gasteiger partial charge in [0.1, 0.15) is 0 Å². The maximum atomic E-state index is 4.17. The highest BCUT2D eigenvalue weighted by molar-refractivity contribution is 4.91. The number of hydrogen-bond acceptors (Lipinski definition) is 4. The van der Waals surface area contributed by atoms with Crippen LogP contribution in [0, 0.1) is 11.8 Å². The van der Waals surface area contributed by atoms with Crippen molar-refractivity contribution in [1.29, 1.82) is 0 Å². The van der Waals surface area contributed by atoms with Crippen molar-refractivity contribution < 1.29 is 0 Å². The van der Waals surface area contributed by atoms with E-state index in [1.807, 2.05) is 17.9 Å². The van der Waals surface area contributed by atoms with Crippen molar-refractivity contribution >= 4 is 0 Å². The topological polar surface area (TPSA) is 46.0 Å². The molecule has 1 heterocycles. The molecule has 1 aromatic heterocycles. The molecule has 110 valence electrons. The number of hydrogen-bond donors (Lipinski definition) is 1. The van der Waals surface area contributed by atoms with Crippen LogP contribution in [0.15, 0.2) is 6.20 Å². The van der Waals surface area contributed by atoms with Crippen LogP contribution < -0.4 is 5.32 Å². The first-order chi connectivity index (χ1) is 9.01. The second-order valence-corrected chi connectivity index (χ2v) is 6.05. The summed E-state index contributed by atoms with van der Waals surface area (Å²) in [5.41, 5.74) is 1.00. The molecule has 0 saturated carbocycles. The van der Waals surface area contributed by atoms with Crippen molar-refractivity contribution in [2.45, 2.75) is 40.8 Å². The third kappa shape index (κ3) is 6.68. The van der Waals surface area contributed by atoms with Gasteiger partial charge in [-0.15, -0.1) is 5.10 Å². The Hall–Kier alpha value is -0.940. The molecule has 19 heavy (non-hydrogen) atoms. The largest absolute Gasteiger partial charge is 0.314 e. The first-order valence-corrected chi connectivity index (χ1v) is 7.27. The molecular weight excluding hydrogens is 238 g/mol. The lowest BCUT2D eigenvalue weighted by atomic mass is 10.1. The van der Waals surface area contributed by atoms with Gasteiger partial charge in [-0.3, -0.25) is 4.68 Å². The summed E-state index contributed by atoms with van der Waals surface area (Å²) in [6.45, 7) is 14.1. The van der Waals surface area contributed by atoms with Crippen LogP contribution >= 0.6 is 0 Å². The van der Waals surface area contributed by atoms with E-state index < -0.39 is 0 Å². The Balaban J connectivity index is 2.44. The van der Waals surface area contributed by atoms with Crippen molar-refractivity contribution in [2.75, 3.05) is 26.7 Å². The van der Waals surface area contributed by atoms with Gasteiger partial charge < -0.3 is 10.2 Å². The zero-order valence-corrected chi connectivity index (χ0v) is 13.1.